The topological polar surface area (TPSA) is 124 Å². The molecule has 0 radical (unpaired) electrons. The summed E-state index contributed by atoms with van der Waals surface area (Å²) >= 11 is 0. The maximum atomic E-state index is 10.6. The summed E-state index contributed by atoms with van der Waals surface area (Å²) in [7, 11) is 0. The Balaban J connectivity index is 2.80. The highest BCUT2D eigenvalue weighted by atomic mass is 16.6. The van der Waals surface area contributed by atoms with Crippen LogP contribution >= 0.6 is 0 Å². The van der Waals surface area contributed by atoms with E-state index in [9.17, 15) is 10.1 Å². The molecule has 0 amide bonds. The van der Waals surface area contributed by atoms with E-state index < -0.39 is 4.92 Å². The second-order valence-corrected chi connectivity index (χ2v) is 2.82. The first kappa shape index (κ1) is 8.30. The molecule has 0 unspecified atom stereocenters. The summed E-state index contributed by atoms with van der Waals surface area (Å²) in [5, 5.41) is 17.4. The van der Waals surface area contributed by atoms with E-state index in [1.165, 1.54) is 12.1 Å². The molecular weight excluding hydrogens is 186 g/mol. The number of rotatable bonds is 1. The number of fused-ring (bicyclic) bond motifs is 1. The van der Waals surface area contributed by atoms with Gasteiger partial charge in [0.25, 0.3) is 5.69 Å². The molecule has 72 valence electrons. The maximum absolute atomic E-state index is 10.6. The number of nitrogens with one attached hydrogen (secondary N) is 1. The van der Waals surface area contributed by atoms with Crippen molar-refractivity contribution in [1.29, 1.82) is 0 Å². The second kappa shape index (κ2) is 2.59. The van der Waals surface area contributed by atoms with Gasteiger partial charge in [-0.3, -0.25) is 15.2 Å². The Bertz CT molecular complexity index is 518. The Morgan fingerprint density at radius 1 is 1.43 bits per heavy atom. The first-order valence-electron chi connectivity index (χ1n) is 3.77. The molecule has 2 rings (SSSR count). The third-order valence-electron chi connectivity index (χ3n) is 1.94. The van der Waals surface area contributed by atoms with E-state index >= 15 is 0 Å². The highest BCUT2D eigenvalue weighted by Gasteiger charge is 2.14. The molecule has 0 bridgehead atoms. The zero-order valence-corrected chi connectivity index (χ0v) is 7.02. The van der Waals surface area contributed by atoms with E-state index in [-0.39, 0.29) is 17.2 Å². The molecular formula is C7H7N5O2. The summed E-state index contributed by atoms with van der Waals surface area (Å²) in [6.45, 7) is 0. The maximum Gasteiger partial charge on any atom is 0.293 e. The van der Waals surface area contributed by atoms with Crippen LogP contribution in [0.3, 0.4) is 0 Å². The molecule has 0 saturated heterocycles. The number of benzene rings is 1. The fraction of sp³-hybridized carbons (Fsp3) is 0. The van der Waals surface area contributed by atoms with Crippen LogP contribution in [0.1, 0.15) is 0 Å². The van der Waals surface area contributed by atoms with Gasteiger partial charge in [0.05, 0.1) is 15.8 Å². The Labute approximate surface area is 77.8 Å². The van der Waals surface area contributed by atoms with E-state index in [4.69, 9.17) is 11.5 Å². The minimum absolute atomic E-state index is 0.0890. The van der Waals surface area contributed by atoms with Crippen LogP contribution in [0.5, 0.6) is 0 Å². The third-order valence-corrected chi connectivity index (χ3v) is 1.94. The largest absolute Gasteiger partial charge is 0.393 e. The number of anilines is 2. The predicted octanol–water partition coefficient (Wildman–Crippen LogP) is 0.636. The van der Waals surface area contributed by atoms with Gasteiger partial charge in [0.15, 0.2) is 5.82 Å². The number of aromatic amines is 1. The normalized spacial score (nSPS) is 10.6. The van der Waals surface area contributed by atoms with E-state index in [1.807, 2.05) is 0 Å². The zero-order chi connectivity index (χ0) is 10.3. The van der Waals surface area contributed by atoms with Crippen molar-refractivity contribution in [3.05, 3.63) is 22.2 Å². The average Bonchev–Trinajstić information content (AvgIpc) is 2.46. The number of hydrogen-bond donors (Lipinski definition) is 3. The zero-order valence-electron chi connectivity index (χ0n) is 7.02. The van der Waals surface area contributed by atoms with Crippen LogP contribution in [0.15, 0.2) is 12.1 Å². The molecule has 1 aromatic carbocycles. The number of nitrogens with zero attached hydrogens (tertiary/aromatic N) is 2. The van der Waals surface area contributed by atoms with Crippen LogP contribution in [-0.2, 0) is 0 Å². The van der Waals surface area contributed by atoms with E-state index in [0.717, 1.165) is 0 Å². The van der Waals surface area contributed by atoms with Gasteiger partial charge < -0.3 is 11.5 Å². The number of hydrogen-bond acceptors (Lipinski definition) is 5. The summed E-state index contributed by atoms with van der Waals surface area (Å²) in [4.78, 5) is 10.00. The lowest BCUT2D eigenvalue weighted by molar-refractivity contribution is -0.383. The Hall–Kier alpha value is -2.31. The summed E-state index contributed by atoms with van der Waals surface area (Å²) in [6, 6.07) is 2.75. The molecule has 1 heterocycles. The van der Waals surface area contributed by atoms with Gasteiger partial charge in [0.1, 0.15) is 5.69 Å². The summed E-state index contributed by atoms with van der Waals surface area (Å²) < 4.78 is 0. The minimum Gasteiger partial charge on any atom is -0.393 e. The summed E-state index contributed by atoms with van der Waals surface area (Å²) in [5.41, 5.74) is 11.5. The lowest BCUT2D eigenvalue weighted by Gasteiger charge is -1.96. The standard InChI is InChI=1S/C7H7N5O2/c8-4-2-5-3(7(9)11-10-5)1-6(4)12(13)14/h1-2H,8H2,(H3,9,10,11). The predicted molar refractivity (Wildman–Crippen MR) is 51.6 cm³/mol. The molecule has 0 aliphatic carbocycles. The first-order valence-corrected chi connectivity index (χ1v) is 3.77. The van der Waals surface area contributed by atoms with E-state index in [1.54, 1.807) is 0 Å². The van der Waals surface area contributed by atoms with Crippen molar-refractivity contribution in [2.24, 2.45) is 0 Å². The molecule has 7 nitrogen and oxygen atoms in total. The van der Waals surface area contributed by atoms with Crippen molar-refractivity contribution >= 4 is 28.1 Å². The Morgan fingerprint density at radius 3 is 2.79 bits per heavy atom. The van der Waals surface area contributed by atoms with Crippen molar-refractivity contribution in [2.75, 3.05) is 11.5 Å². The fourth-order valence-electron chi connectivity index (χ4n) is 1.25. The molecule has 14 heavy (non-hydrogen) atoms. The number of nitrogens with two attached hydrogens (primary N) is 2. The second-order valence-electron chi connectivity index (χ2n) is 2.82. The van der Waals surface area contributed by atoms with E-state index in [0.29, 0.717) is 10.9 Å². The quantitative estimate of drug-likeness (QED) is 0.348. The van der Waals surface area contributed by atoms with Crippen molar-refractivity contribution < 1.29 is 4.92 Å². The molecule has 0 aliphatic rings. The van der Waals surface area contributed by atoms with Crippen molar-refractivity contribution in [3.8, 4) is 0 Å². The van der Waals surface area contributed by atoms with Crippen molar-refractivity contribution in [3.63, 3.8) is 0 Å². The van der Waals surface area contributed by atoms with Crippen molar-refractivity contribution in [2.45, 2.75) is 0 Å². The molecule has 0 atom stereocenters. The van der Waals surface area contributed by atoms with Crippen LogP contribution in [-0.4, -0.2) is 15.1 Å². The lowest BCUT2D eigenvalue weighted by atomic mass is 10.2. The van der Waals surface area contributed by atoms with Crippen LogP contribution in [0.25, 0.3) is 10.9 Å². The summed E-state index contributed by atoms with van der Waals surface area (Å²) in [5.74, 6) is 0.225. The van der Waals surface area contributed by atoms with Crippen LogP contribution in [0.4, 0.5) is 17.2 Å². The smallest absolute Gasteiger partial charge is 0.293 e. The number of nitro benzene ring substituents is 1. The molecule has 0 saturated carbocycles. The molecule has 0 fully saturated rings. The lowest BCUT2D eigenvalue weighted by Crippen LogP contribution is -1.95. The summed E-state index contributed by atoms with van der Waals surface area (Å²) in [6.07, 6.45) is 0. The van der Waals surface area contributed by atoms with Gasteiger partial charge in [0.2, 0.25) is 0 Å². The van der Waals surface area contributed by atoms with Crippen LogP contribution in [0, 0.1) is 10.1 Å². The third kappa shape index (κ3) is 1.03. The van der Waals surface area contributed by atoms with Gasteiger partial charge in [-0.15, -0.1) is 0 Å². The molecule has 5 N–H and O–H groups in total. The van der Waals surface area contributed by atoms with Gasteiger partial charge in [-0.1, -0.05) is 0 Å². The molecule has 7 heteroatoms. The van der Waals surface area contributed by atoms with Gasteiger partial charge in [-0.2, -0.15) is 5.10 Å². The van der Waals surface area contributed by atoms with Gasteiger partial charge in [-0.05, 0) is 6.07 Å². The average molecular weight is 193 g/mol. The fourth-order valence-corrected chi connectivity index (χ4v) is 1.25. The molecule has 0 aliphatic heterocycles. The SMILES string of the molecule is Nc1cc2[nH]nc(N)c2cc1[N+](=O)[O-]. The highest BCUT2D eigenvalue weighted by molar-refractivity contribution is 5.93. The first-order chi connectivity index (χ1) is 6.59. The van der Waals surface area contributed by atoms with Gasteiger partial charge in [0, 0.05) is 6.07 Å². The van der Waals surface area contributed by atoms with Crippen molar-refractivity contribution in [1.82, 2.24) is 10.2 Å². The Morgan fingerprint density at radius 2 is 2.14 bits per heavy atom. The monoisotopic (exact) mass is 193 g/mol. The number of aromatic nitrogens is 2. The minimum atomic E-state index is -0.554. The highest BCUT2D eigenvalue weighted by Crippen LogP contribution is 2.29. The number of H-pyrrole nitrogens is 1. The van der Waals surface area contributed by atoms with E-state index in [2.05, 4.69) is 10.2 Å². The number of nitro groups is 1. The van der Waals surface area contributed by atoms with Crippen LogP contribution in [0.2, 0.25) is 0 Å². The van der Waals surface area contributed by atoms with Gasteiger partial charge >= 0.3 is 0 Å². The van der Waals surface area contributed by atoms with Gasteiger partial charge in [-0.25, -0.2) is 0 Å². The molecule has 2 aromatic rings. The Kier molecular flexibility index (Phi) is 1.53. The molecule has 0 spiro atoms. The molecule has 1 aromatic heterocycles. The number of nitrogen functional groups attached to an aromatic ring is 2. The van der Waals surface area contributed by atoms with Crippen LogP contribution < -0.4 is 11.5 Å².